The number of alkyl halides is 3. The van der Waals surface area contributed by atoms with Gasteiger partial charge in [0.2, 0.25) is 0 Å². The number of rotatable bonds is 1. The molecule has 1 aromatic rings. The van der Waals surface area contributed by atoms with Crippen molar-refractivity contribution in [1.29, 1.82) is 0 Å². The van der Waals surface area contributed by atoms with Crippen molar-refractivity contribution in [3.63, 3.8) is 0 Å². The van der Waals surface area contributed by atoms with Gasteiger partial charge in [0.15, 0.2) is 0 Å². The summed E-state index contributed by atoms with van der Waals surface area (Å²) >= 11 is 0. The number of benzene rings is 1. The maximum atomic E-state index is 13.4. The standard InChI is InChI=1S/C13H12F4N2/c1-8-2-3-9(14)6-10(8)12(13(15,16)17)5-4-11(18)19-7-12/h2-4,6-7H,5,18H2,1H3. The van der Waals surface area contributed by atoms with E-state index in [-0.39, 0.29) is 17.8 Å². The Hall–Kier alpha value is -1.85. The van der Waals surface area contributed by atoms with Crippen LogP contribution in [0.4, 0.5) is 17.6 Å². The second-order valence-corrected chi connectivity index (χ2v) is 4.52. The molecule has 2 N–H and O–H groups in total. The van der Waals surface area contributed by atoms with Crippen LogP contribution in [-0.4, -0.2) is 12.4 Å². The van der Waals surface area contributed by atoms with Crippen molar-refractivity contribution >= 4 is 6.21 Å². The average molecular weight is 272 g/mol. The smallest absolute Gasteiger partial charge is 0.384 e. The molecular weight excluding hydrogens is 260 g/mol. The number of hydrogen-bond donors (Lipinski definition) is 1. The second kappa shape index (κ2) is 4.36. The van der Waals surface area contributed by atoms with Crippen LogP contribution in [0, 0.1) is 12.7 Å². The maximum absolute atomic E-state index is 13.4. The van der Waals surface area contributed by atoms with Gasteiger partial charge < -0.3 is 5.73 Å². The number of hydrogen-bond acceptors (Lipinski definition) is 2. The normalized spacial score (nSPS) is 23.3. The van der Waals surface area contributed by atoms with Gasteiger partial charge in [-0.2, -0.15) is 13.2 Å². The first-order chi connectivity index (χ1) is 8.76. The third-order valence-corrected chi connectivity index (χ3v) is 3.25. The van der Waals surface area contributed by atoms with Crippen molar-refractivity contribution in [3.05, 3.63) is 47.0 Å². The Balaban J connectivity index is 2.64. The number of halogens is 4. The molecule has 0 saturated heterocycles. The monoisotopic (exact) mass is 272 g/mol. The quantitative estimate of drug-likeness (QED) is 0.783. The van der Waals surface area contributed by atoms with Crippen LogP contribution in [0.5, 0.6) is 0 Å². The first-order valence-electron chi connectivity index (χ1n) is 5.60. The van der Waals surface area contributed by atoms with E-state index >= 15 is 0 Å². The summed E-state index contributed by atoms with van der Waals surface area (Å²) in [7, 11) is 0. The minimum atomic E-state index is -4.58. The van der Waals surface area contributed by atoms with E-state index < -0.39 is 17.4 Å². The number of allylic oxidation sites excluding steroid dienone is 1. The molecule has 0 aromatic heterocycles. The lowest BCUT2D eigenvalue weighted by Gasteiger charge is -2.34. The largest absolute Gasteiger partial charge is 0.403 e. The summed E-state index contributed by atoms with van der Waals surface area (Å²) in [5, 5.41) is 0. The lowest BCUT2D eigenvalue weighted by molar-refractivity contribution is -0.167. The van der Waals surface area contributed by atoms with Crippen molar-refractivity contribution in [2.75, 3.05) is 0 Å². The van der Waals surface area contributed by atoms with E-state index in [0.717, 1.165) is 18.3 Å². The van der Waals surface area contributed by atoms with Crippen LogP contribution in [0.25, 0.3) is 0 Å². The topological polar surface area (TPSA) is 38.4 Å². The van der Waals surface area contributed by atoms with Crippen LogP contribution >= 0.6 is 0 Å². The van der Waals surface area contributed by atoms with Gasteiger partial charge >= 0.3 is 6.18 Å². The summed E-state index contributed by atoms with van der Waals surface area (Å²) in [6.45, 7) is 1.51. The fourth-order valence-corrected chi connectivity index (χ4v) is 2.15. The molecule has 0 spiro atoms. The third kappa shape index (κ3) is 2.22. The molecule has 1 aromatic carbocycles. The van der Waals surface area contributed by atoms with Crippen LogP contribution < -0.4 is 5.73 Å². The summed E-state index contributed by atoms with van der Waals surface area (Å²) in [6, 6.07) is 3.37. The highest BCUT2D eigenvalue weighted by atomic mass is 19.4. The van der Waals surface area contributed by atoms with Crippen LogP contribution in [0.15, 0.2) is 35.1 Å². The van der Waals surface area contributed by atoms with E-state index in [0.29, 0.717) is 5.56 Å². The van der Waals surface area contributed by atoms with E-state index in [9.17, 15) is 17.6 Å². The summed E-state index contributed by atoms with van der Waals surface area (Å²) < 4.78 is 53.6. The highest BCUT2D eigenvalue weighted by molar-refractivity contribution is 5.78. The molecule has 1 atom stereocenters. The molecule has 2 rings (SSSR count). The molecule has 1 heterocycles. The van der Waals surface area contributed by atoms with Gasteiger partial charge in [0.25, 0.3) is 0 Å². The van der Waals surface area contributed by atoms with Gasteiger partial charge in [-0.25, -0.2) is 9.38 Å². The molecule has 2 nitrogen and oxygen atoms in total. The lowest BCUT2D eigenvalue weighted by atomic mass is 9.75. The van der Waals surface area contributed by atoms with Gasteiger partial charge in [-0.05, 0) is 42.7 Å². The van der Waals surface area contributed by atoms with Crippen molar-refractivity contribution in [2.24, 2.45) is 10.7 Å². The van der Waals surface area contributed by atoms with Crippen molar-refractivity contribution in [1.82, 2.24) is 0 Å². The zero-order chi connectivity index (χ0) is 14.3. The molecule has 1 unspecified atom stereocenters. The molecule has 1 aliphatic rings. The highest BCUT2D eigenvalue weighted by Crippen LogP contribution is 2.45. The van der Waals surface area contributed by atoms with Gasteiger partial charge in [-0.3, -0.25) is 0 Å². The lowest BCUT2D eigenvalue weighted by Crippen LogP contribution is -2.45. The van der Waals surface area contributed by atoms with E-state index in [2.05, 4.69) is 4.99 Å². The SMILES string of the molecule is Cc1ccc(F)cc1C1(C(F)(F)F)C=NC(N)=CC1. The zero-order valence-corrected chi connectivity index (χ0v) is 10.1. The van der Waals surface area contributed by atoms with Gasteiger partial charge in [-0.15, -0.1) is 0 Å². The Morgan fingerprint density at radius 1 is 1.32 bits per heavy atom. The Morgan fingerprint density at radius 3 is 2.53 bits per heavy atom. The average Bonchev–Trinajstić information content (AvgIpc) is 2.32. The Bertz CT molecular complexity index is 560. The van der Waals surface area contributed by atoms with Crippen LogP contribution in [0.1, 0.15) is 17.5 Å². The summed E-state index contributed by atoms with van der Waals surface area (Å²) in [6.07, 6.45) is -2.98. The molecule has 0 fully saturated rings. The first kappa shape index (κ1) is 13.6. The first-order valence-corrected chi connectivity index (χ1v) is 5.60. The van der Waals surface area contributed by atoms with E-state index in [1.807, 2.05) is 0 Å². The predicted molar refractivity (Wildman–Crippen MR) is 64.2 cm³/mol. The molecule has 102 valence electrons. The molecular formula is C13H12F4N2. The van der Waals surface area contributed by atoms with E-state index in [1.165, 1.54) is 19.1 Å². The molecule has 0 radical (unpaired) electrons. The molecule has 6 heteroatoms. The third-order valence-electron chi connectivity index (χ3n) is 3.25. The Morgan fingerprint density at radius 2 is 2.00 bits per heavy atom. The fraction of sp³-hybridized carbons (Fsp3) is 0.308. The van der Waals surface area contributed by atoms with E-state index in [1.54, 1.807) is 0 Å². The van der Waals surface area contributed by atoms with Crippen LogP contribution in [0.3, 0.4) is 0 Å². The highest BCUT2D eigenvalue weighted by Gasteiger charge is 2.55. The fourth-order valence-electron chi connectivity index (χ4n) is 2.15. The number of aryl methyl sites for hydroxylation is 1. The summed E-state index contributed by atoms with van der Waals surface area (Å²) in [4.78, 5) is 3.57. The molecule has 0 saturated carbocycles. The Kier molecular flexibility index (Phi) is 3.12. The number of aliphatic imine (C=N–C) groups is 1. The number of nitrogens with zero attached hydrogens (tertiary/aromatic N) is 1. The number of nitrogens with two attached hydrogens (primary N) is 1. The van der Waals surface area contributed by atoms with Crippen molar-refractivity contribution in [2.45, 2.75) is 24.9 Å². The van der Waals surface area contributed by atoms with Crippen molar-refractivity contribution < 1.29 is 17.6 Å². The summed E-state index contributed by atoms with van der Waals surface area (Å²) in [5.74, 6) is -0.672. The second-order valence-electron chi connectivity index (χ2n) is 4.52. The molecule has 0 aliphatic carbocycles. The molecule has 0 bridgehead atoms. The van der Waals surface area contributed by atoms with Gasteiger partial charge in [0.1, 0.15) is 17.1 Å². The Labute approximate surface area is 107 Å². The van der Waals surface area contributed by atoms with Crippen LogP contribution in [0.2, 0.25) is 0 Å². The maximum Gasteiger partial charge on any atom is 0.403 e. The van der Waals surface area contributed by atoms with E-state index in [4.69, 9.17) is 5.73 Å². The van der Waals surface area contributed by atoms with Gasteiger partial charge in [0, 0.05) is 6.21 Å². The van der Waals surface area contributed by atoms with Gasteiger partial charge in [-0.1, -0.05) is 6.07 Å². The molecule has 19 heavy (non-hydrogen) atoms. The minimum absolute atomic E-state index is 0.0360. The molecule has 1 aliphatic heterocycles. The van der Waals surface area contributed by atoms with Crippen LogP contribution in [-0.2, 0) is 5.41 Å². The predicted octanol–water partition coefficient (Wildman–Crippen LogP) is 3.21. The molecule has 0 amide bonds. The minimum Gasteiger partial charge on any atom is -0.384 e. The summed E-state index contributed by atoms with van der Waals surface area (Å²) in [5.41, 5.74) is 3.28. The zero-order valence-electron chi connectivity index (χ0n) is 10.1. The van der Waals surface area contributed by atoms with Gasteiger partial charge in [0.05, 0.1) is 0 Å². The van der Waals surface area contributed by atoms with Crippen molar-refractivity contribution in [3.8, 4) is 0 Å².